The highest BCUT2D eigenvalue weighted by Gasteiger charge is 2.71. The van der Waals surface area contributed by atoms with Crippen LogP contribution < -0.4 is 0 Å². The fourth-order valence-electron chi connectivity index (χ4n) is 2.56. The van der Waals surface area contributed by atoms with Crippen molar-refractivity contribution >= 4 is 5.97 Å². The van der Waals surface area contributed by atoms with E-state index in [1.165, 1.54) is 19.3 Å². The number of hydrogen-bond acceptors (Lipinski definition) is 3. The first kappa shape index (κ1) is 9.97. The minimum absolute atomic E-state index is 0.169. The Bertz CT molecular complexity index is 243. The van der Waals surface area contributed by atoms with E-state index in [2.05, 4.69) is 0 Å². The summed E-state index contributed by atoms with van der Waals surface area (Å²) in [5.74, 6) is -0.179. The van der Waals surface area contributed by atoms with Gasteiger partial charge in [-0.2, -0.15) is 0 Å². The summed E-state index contributed by atoms with van der Waals surface area (Å²) in [6.45, 7) is 4.14. The number of esters is 1. The van der Waals surface area contributed by atoms with Gasteiger partial charge in [0.25, 0.3) is 0 Å². The predicted octanol–water partition coefficient (Wildman–Crippen LogP) is 2.04. The topological polar surface area (TPSA) is 38.8 Å². The molecule has 0 bridgehead atoms. The summed E-state index contributed by atoms with van der Waals surface area (Å²) in [5, 5.41) is 0. The molecule has 80 valence electrons. The third-order valence-corrected chi connectivity index (χ3v) is 3.55. The monoisotopic (exact) mass is 198 g/mol. The molecule has 1 aliphatic carbocycles. The Kier molecular flexibility index (Phi) is 2.30. The standard InChI is InChI=1S/C11H18O3/c1-3-13-9(12)10(2)11(14-10)7-5-4-6-8-11/h3-8H2,1-2H3/t10-/m0/s1. The molecule has 1 saturated heterocycles. The van der Waals surface area contributed by atoms with Gasteiger partial charge in [0, 0.05) is 0 Å². The third kappa shape index (κ3) is 1.26. The van der Waals surface area contributed by atoms with Crippen LogP contribution >= 0.6 is 0 Å². The molecule has 0 N–H and O–H groups in total. The smallest absolute Gasteiger partial charge is 0.341 e. The van der Waals surface area contributed by atoms with E-state index >= 15 is 0 Å². The van der Waals surface area contributed by atoms with E-state index in [1.54, 1.807) is 0 Å². The second-order valence-corrected chi connectivity index (χ2v) is 4.41. The van der Waals surface area contributed by atoms with E-state index in [0.717, 1.165) is 12.8 Å². The molecule has 0 radical (unpaired) electrons. The second kappa shape index (κ2) is 3.23. The molecule has 14 heavy (non-hydrogen) atoms. The average molecular weight is 198 g/mol. The summed E-state index contributed by atoms with van der Waals surface area (Å²) in [4.78, 5) is 11.7. The third-order valence-electron chi connectivity index (χ3n) is 3.55. The van der Waals surface area contributed by atoms with Crippen molar-refractivity contribution in [2.45, 2.75) is 57.2 Å². The van der Waals surface area contributed by atoms with E-state index in [4.69, 9.17) is 9.47 Å². The van der Waals surface area contributed by atoms with Crippen molar-refractivity contribution in [1.29, 1.82) is 0 Å². The molecule has 0 aromatic rings. The average Bonchev–Trinajstić information content (AvgIpc) is 2.74. The van der Waals surface area contributed by atoms with Crippen LogP contribution in [0.25, 0.3) is 0 Å². The van der Waals surface area contributed by atoms with Crippen LogP contribution in [0.15, 0.2) is 0 Å². The van der Waals surface area contributed by atoms with E-state index < -0.39 is 5.60 Å². The van der Waals surface area contributed by atoms with Gasteiger partial charge in [0.15, 0.2) is 5.60 Å². The van der Waals surface area contributed by atoms with Crippen molar-refractivity contribution in [3.05, 3.63) is 0 Å². The van der Waals surface area contributed by atoms with Gasteiger partial charge in [-0.1, -0.05) is 19.3 Å². The molecule has 3 heteroatoms. The van der Waals surface area contributed by atoms with Gasteiger partial charge in [0.2, 0.25) is 0 Å². The predicted molar refractivity (Wildman–Crippen MR) is 51.9 cm³/mol. The van der Waals surface area contributed by atoms with Crippen LogP contribution in [0.1, 0.15) is 46.0 Å². The first-order chi connectivity index (χ1) is 6.65. The first-order valence-corrected chi connectivity index (χ1v) is 5.52. The molecule has 0 aromatic carbocycles. The summed E-state index contributed by atoms with van der Waals surface area (Å²) >= 11 is 0. The number of carbonyl (C=O) groups excluding carboxylic acids is 1. The quantitative estimate of drug-likeness (QED) is 0.503. The zero-order valence-electron chi connectivity index (χ0n) is 8.97. The molecule has 1 aliphatic heterocycles. The molecule has 0 aromatic heterocycles. The van der Waals surface area contributed by atoms with Crippen molar-refractivity contribution in [1.82, 2.24) is 0 Å². The SMILES string of the molecule is CCOC(=O)[C@]1(C)OC12CCCCC2. The normalized spacial score (nSPS) is 34.1. The Morgan fingerprint density at radius 1 is 1.36 bits per heavy atom. The van der Waals surface area contributed by atoms with Gasteiger partial charge in [-0.15, -0.1) is 0 Å². The number of ether oxygens (including phenoxy) is 2. The molecule has 1 saturated carbocycles. The van der Waals surface area contributed by atoms with Gasteiger partial charge in [-0.05, 0) is 26.7 Å². The lowest BCUT2D eigenvalue weighted by Crippen LogP contribution is -2.34. The maximum atomic E-state index is 11.7. The van der Waals surface area contributed by atoms with Gasteiger partial charge < -0.3 is 9.47 Å². The maximum Gasteiger partial charge on any atom is 0.341 e. The van der Waals surface area contributed by atoms with Crippen LogP contribution in [0.4, 0.5) is 0 Å². The van der Waals surface area contributed by atoms with Crippen LogP contribution in [-0.4, -0.2) is 23.8 Å². The molecular weight excluding hydrogens is 180 g/mol. The first-order valence-electron chi connectivity index (χ1n) is 5.52. The number of hydrogen-bond donors (Lipinski definition) is 0. The van der Waals surface area contributed by atoms with Gasteiger partial charge >= 0.3 is 5.97 Å². The van der Waals surface area contributed by atoms with Crippen molar-refractivity contribution in [2.24, 2.45) is 0 Å². The zero-order valence-corrected chi connectivity index (χ0v) is 8.97. The van der Waals surface area contributed by atoms with Crippen molar-refractivity contribution in [3.63, 3.8) is 0 Å². The van der Waals surface area contributed by atoms with Gasteiger partial charge in [0.05, 0.1) is 6.61 Å². The second-order valence-electron chi connectivity index (χ2n) is 4.41. The van der Waals surface area contributed by atoms with Crippen molar-refractivity contribution in [2.75, 3.05) is 6.61 Å². The Morgan fingerprint density at radius 2 is 2.00 bits per heavy atom. The molecule has 1 heterocycles. The Labute approximate surface area is 84.8 Å². The summed E-state index contributed by atoms with van der Waals surface area (Å²) < 4.78 is 10.7. The van der Waals surface area contributed by atoms with Crippen molar-refractivity contribution < 1.29 is 14.3 Å². The lowest BCUT2D eigenvalue weighted by atomic mass is 9.81. The van der Waals surface area contributed by atoms with Crippen LogP contribution in [0, 0.1) is 0 Å². The van der Waals surface area contributed by atoms with Crippen LogP contribution in [-0.2, 0) is 14.3 Å². The number of carbonyl (C=O) groups is 1. The lowest BCUT2D eigenvalue weighted by molar-refractivity contribution is -0.148. The van der Waals surface area contributed by atoms with Crippen LogP contribution in [0.5, 0.6) is 0 Å². The molecule has 0 amide bonds. The highest BCUT2D eigenvalue weighted by atomic mass is 16.7. The molecule has 2 aliphatic rings. The van der Waals surface area contributed by atoms with Gasteiger partial charge in [-0.3, -0.25) is 0 Å². The van der Waals surface area contributed by atoms with Crippen LogP contribution in [0.2, 0.25) is 0 Å². The fourth-order valence-corrected chi connectivity index (χ4v) is 2.56. The molecule has 2 fully saturated rings. The Hall–Kier alpha value is -0.570. The lowest BCUT2D eigenvalue weighted by Gasteiger charge is -2.20. The highest BCUT2D eigenvalue weighted by molar-refractivity contribution is 5.84. The summed E-state index contributed by atoms with van der Waals surface area (Å²) in [7, 11) is 0. The fraction of sp³-hybridized carbons (Fsp3) is 0.909. The van der Waals surface area contributed by atoms with Gasteiger partial charge in [-0.25, -0.2) is 4.79 Å². The number of epoxide rings is 1. The van der Waals surface area contributed by atoms with E-state index in [9.17, 15) is 4.79 Å². The van der Waals surface area contributed by atoms with Gasteiger partial charge in [0.1, 0.15) is 5.60 Å². The summed E-state index contributed by atoms with van der Waals surface area (Å²) in [5.41, 5.74) is -0.805. The highest BCUT2D eigenvalue weighted by Crippen LogP contribution is 2.56. The molecular formula is C11H18O3. The van der Waals surface area contributed by atoms with Crippen molar-refractivity contribution in [3.8, 4) is 0 Å². The maximum absolute atomic E-state index is 11.7. The molecule has 3 nitrogen and oxygen atoms in total. The minimum atomic E-state index is -0.635. The van der Waals surface area contributed by atoms with E-state index in [1.807, 2.05) is 13.8 Å². The zero-order chi connectivity index (χ0) is 10.2. The summed E-state index contributed by atoms with van der Waals surface area (Å²) in [6, 6.07) is 0. The molecule has 1 spiro atoms. The van der Waals surface area contributed by atoms with E-state index in [0.29, 0.717) is 6.61 Å². The molecule has 0 unspecified atom stereocenters. The summed E-state index contributed by atoms with van der Waals surface area (Å²) in [6.07, 6.45) is 5.65. The Balaban J connectivity index is 2.02. The molecule has 1 atom stereocenters. The largest absolute Gasteiger partial charge is 0.464 e. The molecule has 2 rings (SSSR count). The number of rotatable bonds is 2. The van der Waals surface area contributed by atoms with Crippen LogP contribution in [0.3, 0.4) is 0 Å². The minimum Gasteiger partial charge on any atom is -0.464 e. The van der Waals surface area contributed by atoms with E-state index in [-0.39, 0.29) is 11.6 Å². The Morgan fingerprint density at radius 3 is 2.57 bits per heavy atom.